The number of hydrogen-bond donors (Lipinski definition) is 1. The first kappa shape index (κ1) is 13.6. The number of nitrogens with one attached hydrogen (secondary N) is 1. The van der Waals surface area contributed by atoms with Gasteiger partial charge in [0.15, 0.2) is 0 Å². The van der Waals surface area contributed by atoms with Gasteiger partial charge in [0, 0.05) is 31.3 Å². The van der Waals surface area contributed by atoms with E-state index < -0.39 is 0 Å². The number of carbonyl (C=O) groups excluding carboxylic acids is 2. The fraction of sp³-hybridized carbons (Fsp3) is 0.467. The third-order valence-electron chi connectivity index (χ3n) is 3.23. The zero-order chi connectivity index (χ0) is 14.0. The van der Waals surface area contributed by atoms with Crippen molar-refractivity contribution in [3.63, 3.8) is 0 Å². The highest BCUT2D eigenvalue weighted by Gasteiger charge is 2.22. The number of fused-ring (bicyclic) bond motifs is 1. The van der Waals surface area contributed by atoms with E-state index in [-0.39, 0.29) is 11.8 Å². The quantitative estimate of drug-likeness (QED) is 0.908. The maximum absolute atomic E-state index is 11.7. The van der Waals surface area contributed by atoms with Gasteiger partial charge in [-0.2, -0.15) is 0 Å². The van der Waals surface area contributed by atoms with Gasteiger partial charge < -0.3 is 10.2 Å². The van der Waals surface area contributed by atoms with Crippen molar-refractivity contribution in [3.8, 4) is 0 Å². The maximum Gasteiger partial charge on any atom is 0.224 e. The van der Waals surface area contributed by atoms with Crippen molar-refractivity contribution in [1.82, 2.24) is 0 Å². The molecule has 0 aromatic heterocycles. The average molecular weight is 260 g/mol. The van der Waals surface area contributed by atoms with Crippen molar-refractivity contribution < 1.29 is 9.59 Å². The van der Waals surface area contributed by atoms with E-state index in [2.05, 4.69) is 5.32 Å². The first-order valence-corrected chi connectivity index (χ1v) is 6.68. The van der Waals surface area contributed by atoms with E-state index in [1.54, 1.807) is 11.8 Å². The van der Waals surface area contributed by atoms with Crippen molar-refractivity contribution in [3.05, 3.63) is 23.8 Å². The summed E-state index contributed by atoms with van der Waals surface area (Å²) in [6.45, 7) is 6.35. The molecule has 0 saturated carbocycles. The van der Waals surface area contributed by atoms with Gasteiger partial charge >= 0.3 is 0 Å². The summed E-state index contributed by atoms with van der Waals surface area (Å²) in [5, 5.41) is 2.90. The molecule has 0 aliphatic carbocycles. The zero-order valence-electron chi connectivity index (χ0n) is 11.7. The molecule has 1 aromatic carbocycles. The monoisotopic (exact) mass is 260 g/mol. The molecule has 1 N–H and O–H groups in total. The van der Waals surface area contributed by atoms with Crippen LogP contribution in [0.5, 0.6) is 0 Å². The normalized spacial score (nSPS) is 13.6. The number of hydrogen-bond acceptors (Lipinski definition) is 2. The molecule has 0 spiro atoms. The minimum atomic E-state index is 0.0383. The van der Waals surface area contributed by atoms with Crippen LogP contribution in [0.4, 0.5) is 11.4 Å². The fourth-order valence-corrected chi connectivity index (χ4v) is 2.39. The third kappa shape index (κ3) is 3.13. The Morgan fingerprint density at radius 2 is 2.11 bits per heavy atom. The Hall–Kier alpha value is -1.84. The molecule has 0 saturated heterocycles. The second kappa shape index (κ2) is 5.43. The lowest BCUT2D eigenvalue weighted by molar-refractivity contribution is -0.117. The van der Waals surface area contributed by atoms with E-state index in [0.717, 1.165) is 29.9 Å². The molecular formula is C15H20N2O2. The lowest BCUT2D eigenvalue weighted by atomic mass is 10.1. The molecule has 1 aromatic rings. The van der Waals surface area contributed by atoms with E-state index in [9.17, 15) is 9.59 Å². The first-order chi connectivity index (χ1) is 8.97. The van der Waals surface area contributed by atoms with Gasteiger partial charge in [-0.1, -0.05) is 13.8 Å². The van der Waals surface area contributed by atoms with Crippen LogP contribution < -0.4 is 10.2 Å². The molecule has 1 aliphatic rings. The lowest BCUT2D eigenvalue weighted by Crippen LogP contribution is -2.25. The van der Waals surface area contributed by atoms with Crippen LogP contribution in [0, 0.1) is 5.92 Å². The smallest absolute Gasteiger partial charge is 0.224 e. The van der Waals surface area contributed by atoms with Crippen molar-refractivity contribution in [2.24, 2.45) is 5.92 Å². The number of benzene rings is 1. The van der Waals surface area contributed by atoms with Gasteiger partial charge in [0.05, 0.1) is 0 Å². The third-order valence-corrected chi connectivity index (χ3v) is 3.23. The highest BCUT2D eigenvalue weighted by atomic mass is 16.2. The minimum Gasteiger partial charge on any atom is -0.326 e. The van der Waals surface area contributed by atoms with Gasteiger partial charge in [-0.25, -0.2) is 0 Å². The summed E-state index contributed by atoms with van der Waals surface area (Å²) < 4.78 is 0. The molecule has 2 amide bonds. The second-order valence-electron chi connectivity index (χ2n) is 5.41. The maximum atomic E-state index is 11.7. The average Bonchev–Trinajstić information content (AvgIpc) is 2.70. The summed E-state index contributed by atoms with van der Waals surface area (Å²) in [6, 6.07) is 5.74. The molecule has 1 heterocycles. The van der Waals surface area contributed by atoms with Gasteiger partial charge in [-0.15, -0.1) is 0 Å². The van der Waals surface area contributed by atoms with Crippen LogP contribution in [0.1, 0.15) is 32.8 Å². The Labute approximate surface area is 113 Å². The van der Waals surface area contributed by atoms with Gasteiger partial charge in [0.2, 0.25) is 11.8 Å². The number of amides is 2. The molecule has 4 heteroatoms. The van der Waals surface area contributed by atoms with Gasteiger partial charge in [-0.3, -0.25) is 9.59 Å². The molecule has 1 aliphatic heterocycles. The Morgan fingerprint density at radius 3 is 2.74 bits per heavy atom. The first-order valence-electron chi connectivity index (χ1n) is 6.68. The topological polar surface area (TPSA) is 49.4 Å². The number of rotatable bonds is 3. The van der Waals surface area contributed by atoms with Crippen LogP contribution >= 0.6 is 0 Å². The van der Waals surface area contributed by atoms with Crippen molar-refractivity contribution in [2.75, 3.05) is 16.8 Å². The summed E-state index contributed by atoms with van der Waals surface area (Å²) in [6.07, 6.45) is 1.37. The fourth-order valence-electron chi connectivity index (χ4n) is 2.39. The van der Waals surface area contributed by atoms with Crippen LogP contribution in [0.2, 0.25) is 0 Å². The molecule has 19 heavy (non-hydrogen) atoms. The van der Waals surface area contributed by atoms with Crippen LogP contribution in [-0.4, -0.2) is 18.4 Å². The van der Waals surface area contributed by atoms with E-state index >= 15 is 0 Å². The molecular weight excluding hydrogens is 240 g/mol. The van der Waals surface area contributed by atoms with Gasteiger partial charge in [-0.05, 0) is 36.1 Å². The Bertz CT molecular complexity index is 509. The van der Waals surface area contributed by atoms with Crippen molar-refractivity contribution in [1.29, 1.82) is 0 Å². The molecule has 0 atom stereocenters. The standard InChI is InChI=1S/C15H20N2O2/c1-10(2)8-15(19)16-13-4-5-14-12(9-13)6-7-17(14)11(3)18/h4-5,9-10H,6-8H2,1-3H3,(H,16,19). The van der Waals surface area contributed by atoms with Crippen molar-refractivity contribution >= 4 is 23.2 Å². The van der Waals surface area contributed by atoms with E-state index in [4.69, 9.17) is 0 Å². The van der Waals surface area contributed by atoms with Crippen LogP contribution in [0.25, 0.3) is 0 Å². The number of carbonyl (C=O) groups is 2. The molecule has 2 rings (SSSR count). The van der Waals surface area contributed by atoms with Gasteiger partial charge in [0.25, 0.3) is 0 Å². The largest absolute Gasteiger partial charge is 0.326 e. The predicted molar refractivity (Wildman–Crippen MR) is 76.3 cm³/mol. The van der Waals surface area contributed by atoms with Crippen LogP contribution in [-0.2, 0) is 16.0 Å². The molecule has 102 valence electrons. The van der Waals surface area contributed by atoms with Gasteiger partial charge in [0.1, 0.15) is 0 Å². The number of anilines is 2. The molecule has 0 radical (unpaired) electrons. The lowest BCUT2D eigenvalue weighted by Gasteiger charge is -2.15. The zero-order valence-corrected chi connectivity index (χ0v) is 11.7. The molecule has 0 fully saturated rings. The summed E-state index contributed by atoms with van der Waals surface area (Å²) in [5.41, 5.74) is 2.90. The Morgan fingerprint density at radius 1 is 1.37 bits per heavy atom. The SMILES string of the molecule is CC(=O)N1CCc2cc(NC(=O)CC(C)C)ccc21. The molecule has 4 nitrogen and oxygen atoms in total. The second-order valence-corrected chi connectivity index (χ2v) is 5.41. The van der Waals surface area contributed by atoms with Crippen LogP contribution in [0.15, 0.2) is 18.2 Å². The predicted octanol–water partition coefficient (Wildman–Crippen LogP) is 2.58. The summed E-state index contributed by atoms with van der Waals surface area (Å²) in [5.74, 6) is 0.453. The highest BCUT2D eigenvalue weighted by Crippen LogP contribution is 2.30. The van der Waals surface area contributed by atoms with E-state index in [1.165, 1.54) is 0 Å². The van der Waals surface area contributed by atoms with Crippen LogP contribution in [0.3, 0.4) is 0 Å². The highest BCUT2D eigenvalue weighted by molar-refractivity contribution is 5.95. The minimum absolute atomic E-state index is 0.0383. The van der Waals surface area contributed by atoms with Crippen molar-refractivity contribution in [2.45, 2.75) is 33.6 Å². The number of nitrogens with zero attached hydrogens (tertiary/aromatic N) is 1. The Balaban J connectivity index is 2.11. The molecule has 0 unspecified atom stereocenters. The Kier molecular flexibility index (Phi) is 3.88. The summed E-state index contributed by atoms with van der Waals surface area (Å²) >= 11 is 0. The van der Waals surface area contributed by atoms with E-state index in [1.807, 2.05) is 32.0 Å². The summed E-state index contributed by atoms with van der Waals surface area (Å²) in [4.78, 5) is 24.9. The summed E-state index contributed by atoms with van der Waals surface area (Å²) in [7, 11) is 0. The molecule has 0 bridgehead atoms. The van der Waals surface area contributed by atoms with E-state index in [0.29, 0.717) is 12.3 Å².